The highest BCUT2D eigenvalue weighted by molar-refractivity contribution is 5.76. The van der Waals surface area contributed by atoms with Crippen molar-refractivity contribution in [2.45, 2.75) is 32.7 Å². The van der Waals surface area contributed by atoms with E-state index in [-0.39, 0.29) is 17.9 Å². The molecular weight excluding hydrogens is 240 g/mol. The molecule has 3 N–H and O–H groups in total. The van der Waals surface area contributed by atoms with Crippen molar-refractivity contribution in [3.63, 3.8) is 0 Å². The minimum Gasteiger partial charge on any atom is -0.497 e. The average molecular weight is 264 g/mol. The molecule has 1 aromatic carbocycles. The van der Waals surface area contributed by atoms with Crippen molar-refractivity contribution in [1.82, 2.24) is 5.32 Å². The number of hydrogen-bond donors (Lipinski definition) is 2. The summed E-state index contributed by atoms with van der Waals surface area (Å²) >= 11 is 0. The van der Waals surface area contributed by atoms with Crippen LogP contribution in [0.4, 0.5) is 0 Å². The van der Waals surface area contributed by atoms with E-state index < -0.39 is 0 Å². The Labute approximate surface area is 115 Å². The Morgan fingerprint density at radius 1 is 1.47 bits per heavy atom. The number of rotatable bonds is 7. The normalized spacial score (nSPS) is 13.7. The number of nitrogens with two attached hydrogens (primary N) is 1. The third-order valence-corrected chi connectivity index (χ3v) is 3.36. The Hall–Kier alpha value is -1.55. The summed E-state index contributed by atoms with van der Waals surface area (Å²) in [6.07, 6.45) is 1.42. The van der Waals surface area contributed by atoms with Crippen LogP contribution in [0.2, 0.25) is 0 Å². The van der Waals surface area contributed by atoms with Gasteiger partial charge in [0.1, 0.15) is 5.75 Å². The Balaban J connectivity index is 2.58. The van der Waals surface area contributed by atoms with E-state index in [1.165, 1.54) is 0 Å². The molecule has 4 heteroatoms. The third-order valence-electron chi connectivity index (χ3n) is 3.36. The second-order valence-electron chi connectivity index (χ2n) is 4.78. The largest absolute Gasteiger partial charge is 0.497 e. The molecule has 0 fully saturated rings. The van der Waals surface area contributed by atoms with Gasteiger partial charge in [0, 0.05) is 6.42 Å². The van der Waals surface area contributed by atoms with E-state index >= 15 is 0 Å². The molecular formula is C15H24N2O2. The van der Waals surface area contributed by atoms with Gasteiger partial charge in [-0.05, 0) is 37.1 Å². The lowest BCUT2D eigenvalue weighted by Crippen LogP contribution is -2.30. The lowest BCUT2D eigenvalue weighted by molar-refractivity contribution is -0.122. The Morgan fingerprint density at radius 2 is 2.21 bits per heavy atom. The first-order valence-electron chi connectivity index (χ1n) is 6.74. The second-order valence-corrected chi connectivity index (χ2v) is 4.78. The van der Waals surface area contributed by atoms with Crippen molar-refractivity contribution in [1.29, 1.82) is 0 Å². The number of methoxy groups -OCH3 is 1. The summed E-state index contributed by atoms with van der Waals surface area (Å²) in [6, 6.07) is 7.70. The van der Waals surface area contributed by atoms with Crippen molar-refractivity contribution in [3.8, 4) is 5.75 Å². The van der Waals surface area contributed by atoms with Crippen LogP contribution in [0.25, 0.3) is 0 Å². The fourth-order valence-electron chi connectivity index (χ4n) is 1.95. The maximum Gasteiger partial charge on any atom is 0.220 e. The van der Waals surface area contributed by atoms with Gasteiger partial charge in [-0.2, -0.15) is 0 Å². The molecule has 1 amide bonds. The molecule has 0 aliphatic heterocycles. The first kappa shape index (κ1) is 15.5. The zero-order valence-electron chi connectivity index (χ0n) is 12.0. The monoisotopic (exact) mass is 264 g/mol. The quantitative estimate of drug-likeness (QED) is 0.794. The zero-order valence-corrected chi connectivity index (χ0v) is 12.0. The lowest BCUT2D eigenvalue weighted by Gasteiger charge is -2.17. The van der Waals surface area contributed by atoms with Crippen LogP contribution in [0, 0.1) is 5.92 Å². The van der Waals surface area contributed by atoms with Crippen molar-refractivity contribution in [2.24, 2.45) is 11.7 Å². The molecule has 0 bridgehead atoms. The first-order valence-corrected chi connectivity index (χ1v) is 6.74. The highest BCUT2D eigenvalue weighted by Crippen LogP contribution is 2.19. The van der Waals surface area contributed by atoms with Gasteiger partial charge in [-0.15, -0.1) is 0 Å². The Bertz CT molecular complexity index is 403. The minimum absolute atomic E-state index is 0.0297. The number of benzene rings is 1. The van der Waals surface area contributed by atoms with E-state index in [0.29, 0.717) is 13.0 Å². The van der Waals surface area contributed by atoms with Gasteiger partial charge in [0.05, 0.1) is 13.2 Å². The maximum absolute atomic E-state index is 11.9. The molecule has 0 saturated heterocycles. The van der Waals surface area contributed by atoms with Crippen molar-refractivity contribution < 1.29 is 9.53 Å². The van der Waals surface area contributed by atoms with Crippen LogP contribution in [0.5, 0.6) is 5.75 Å². The van der Waals surface area contributed by atoms with Gasteiger partial charge in [-0.1, -0.05) is 25.5 Å². The van der Waals surface area contributed by atoms with Crippen LogP contribution in [0.1, 0.15) is 38.3 Å². The Kier molecular flexibility index (Phi) is 6.36. The van der Waals surface area contributed by atoms with Gasteiger partial charge < -0.3 is 15.8 Å². The summed E-state index contributed by atoms with van der Waals surface area (Å²) in [4.78, 5) is 11.9. The summed E-state index contributed by atoms with van der Waals surface area (Å²) in [5.74, 6) is 1.11. The van der Waals surface area contributed by atoms with E-state index in [1.54, 1.807) is 7.11 Å². The molecule has 0 radical (unpaired) electrons. The van der Waals surface area contributed by atoms with Gasteiger partial charge in [0.15, 0.2) is 0 Å². The summed E-state index contributed by atoms with van der Waals surface area (Å²) in [6.45, 7) is 4.57. The van der Waals surface area contributed by atoms with E-state index in [9.17, 15) is 4.79 Å². The molecule has 0 saturated carbocycles. The fraction of sp³-hybridized carbons (Fsp3) is 0.533. The number of amides is 1. The van der Waals surface area contributed by atoms with E-state index in [1.807, 2.05) is 31.2 Å². The summed E-state index contributed by atoms with van der Waals surface area (Å²) in [5, 5.41) is 3.00. The summed E-state index contributed by atoms with van der Waals surface area (Å²) in [7, 11) is 1.63. The average Bonchev–Trinajstić information content (AvgIpc) is 2.44. The van der Waals surface area contributed by atoms with Gasteiger partial charge in [-0.3, -0.25) is 4.79 Å². The first-order chi connectivity index (χ1) is 9.10. The number of carbonyl (C=O) groups excluding carboxylic acids is 1. The smallest absolute Gasteiger partial charge is 0.220 e. The van der Waals surface area contributed by atoms with Crippen LogP contribution < -0.4 is 15.8 Å². The molecule has 0 aromatic heterocycles. The number of nitrogens with one attached hydrogen (secondary N) is 1. The topological polar surface area (TPSA) is 64.4 Å². The van der Waals surface area contributed by atoms with Crippen molar-refractivity contribution in [3.05, 3.63) is 29.8 Å². The Morgan fingerprint density at radius 3 is 2.79 bits per heavy atom. The van der Waals surface area contributed by atoms with Crippen LogP contribution in [-0.2, 0) is 4.79 Å². The van der Waals surface area contributed by atoms with E-state index in [0.717, 1.165) is 17.7 Å². The van der Waals surface area contributed by atoms with Crippen LogP contribution in [0.3, 0.4) is 0 Å². The minimum atomic E-state index is -0.0297. The van der Waals surface area contributed by atoms with Gasteiger partial charge in [0.2, 0.25) is 5.91 Å². The highest BCUT2D eigenvalue weighted by Gasteiger charge is 2.14. The molecule has 1 aromatic rings. The number of hydrogen-bond acceptors (Lipinski definition) is 3. The molecule has 4 nitrogen and oxygen atoms in total. The number of carbonyl (C=O) groups is 1. The second kappa shape index (κ2) is 7.79. The molecule has 2 atom stereocenters. The summed E-state index contributed by atoms with van der Waals surface area (Å²) in [5.41, 5.74) is 6.65. The summed E-state index contributed by atoms with van der Waals surface area (Å²) < 4.78 is 5.18. The van der Waals surface area contributed by atoms with Gasteiger partial charge in [-0.25, -0.2) is 0 Å². The van der Waals surface area contributed by atoms with Gasteiger partial charge >= 0.3 is 0 Å². The van der Waals surface area contributed by atoms with E-state index in [2.05, 4.69) is 12.2 Å². The molecule has 0 aliphatic carbocycles. The fourth-order valence-corrected chi connectivity index (χ4v) is 1.95. The van der Waals surface area contributed by atoms with Crippen LogP contribution in [0.15, 0.2) is 24.3 Å². The van der Waals surface area contributed by atoms with Crippen LogP contribution >= 0.6 is 0 Å². The molecule has 0 spiro atoms. The molecule has 0 heterocycles. The zero-order chi connectivity index (χ0) is 14.3. The highest BCUT2D eigenvalue weighted by atomic mass is 16.5. The predicted octanol–water partition coefficient (Wildman–Crippen LogP) is 2.25. The van der Waals surface area contributed by atoms with Crippen LogP contribution in [-0.4, -0.2) is 19.6 Å². The maximum atomic E-state index is 11.9. The predicted molar refractivity (Wildman–Crippen MR) is 77.0 cm³/mol. The lowest BCUT2D eigenvalue weighted by atomic mass is 10.0. The third kappa shape index (κ3) is 4.91. The SMILES string of the molecule is CCC(CN)CC(=O)N[C@@H](C)c1cccc(OC)c1. The van der Waals surface area contributed by atoms with E-state index in [4.69, 9.17) is 10.5 Å². The van der Waals surface area contributed by atoms with Gasteiger partial charge in [0.25, 0.3) is 0 Å². The van der Waals surface area contributed by atoms with Crippen molar-refractivity contribution >= 4 is 5.91 Å². The van der Waals surface area contributed by atoms with Crippen molar-refractivity contribution in [2.75, 3.05) is 13.7 Å². The standard InChI is InChI=1S/C15H24N2O2/c1-4-12(10-16)8-15(18)17-11(2)13-6-5-7-14(9-13)19-3/h5-7,9,11-12H,4,8,10,16H2,1-3H3,(H,17,18)/t11-,12?/m0/s1. The molecule has 19 heavy (non-hydrogen) atoms. The molecule has 1 unspecified atom stereocenters. The molecule has 1 rings (SSSR count). The number of ether oxygens (including phenoxy) is 1. The molecule has 0 aliphatic rings. The molecule has 106 valence electrons.